The number of aromatic amines is 1. The molecule has 0 saturated carbocycles. The lowest BCUT2D eigenvalue weighted by Crippen LogP contribution is -2.55. The third-order valence-corrected chi connectivity index (χ3v) is 2.83. The summed E-state index contributed by atoms with van der Waals surface area (Å²) in [7, 11) is 0. The largest absolute Gasteiger partial charge is 0.479 e. The molecule has 1 atom stereocenters. The first-order valence-electron chi connectivity index (χ1n) is 5.36. The summed E-state index contributed by atoms with van der Waals surface area (Å²) >= 11 is 0. The molecule has 1 fully saturated rings. The Morgan fingerprint density at radius 2 is 2.22 bits per heavy atom. The molecule has 1 unspecified atom stereocenters. The molecular formula is C11H12N2O5. The highest BCUT2D eigenvalue weighted by molar-refractivity contribution is 5.97. The van der Waals surface area contributed by atoms with Crippen LogP contribution < -0.4 is 10.9 Å². The molecule has 2 heterocycles. The van der Waals surface area contributed by atoms with E-state index < -0.39 is 17.4 Å². The number of aliphatic carboxylic acids is 1. The van der Waals surface area contributed by atoms with Gasteiger partial charge in [0.2, 0.25) is 5.56 Å². The molecule has 1 aromatic heterocycles. The molecule has 1 saturated heterocycles. The monoisotopic (exact) mass is 252 g/mol. The van der Waals surface area contributed by atoms with Crippen LogP contribution in [0.2, 0.25) is 0 Å². The topological polar surface area (TPSA) is 108 Å². The highest BCUT2D eigenvalue weighted by atomic mass is 16.5. The molecule has 2 rings (SSSR count). The lowest BCUT2D eigenvalue weighted by atomic mass is 9.98. The summed E-state index contributed by atoms with van der Waals surface area (Å²) in [5.41, 5.74) is -1.52. The van der Waals surface area contributed by atoms with Crippen LogP contribution in [0.4, 0.5) is 0 Å². The molecule has 0 aliphatic carbocycles. The summed E-state index contributed by atoms with van der Waals surface area (Å²) in [6.45, 7) is 0.232. The number of rotatable bonds is 3. The number of amides is 1. The van der Waals surface area contributed by atoms with Gasteiger partial charge >= 0.3 is 5.97 Å². The molecule has 1 aliphatic rings. The Hall–Kier alpha value is -2.15. The maximum Gasteiger partial charge on any atom is 0.331 e. The molecule has 0 radical (unpaired) electrons. The highest BCUT2D eigenvalue weighted by Gasteiger charge is 2.44. The lowest BCUT2D eigenvalue weighted by Gasteiger charge is -2.23. The van der Waals surface area contributed by atoms with Gasteiger partial charge in [-0.15, -0.1) is 0 Å². The summed E-state index contributed by atoms with van der Waals surface area (Å²) in [4.78, 5) is 36.3. The fourth-order valence-electron chi connectivity index (χ4n) is 1.73. The van der Waals surface area contributed by atoms with Gasteiger partial charge in [-0.05, 0) is 6.07 Å². The Labute approximate surface area is 102 Å². The van der Waals surface area contributed by atoms with Crippen LogP contribution in [0.25, 0.3) is 0 Å². The van der Waals surface area contributed by atoms with Gasteiger partial charge in [0.05, 0.1) is 12.2 Å². The van der Waals surface area contributed by atoms with Crippen molar-refractivity contribution < 1.29 is 19.4 Å². The molecular weight excluding hydrogens is 240 g/mol. The Bertz CT molecular complexity index is 510. The summed E-state index contributed by atoms with van der Waals surface area (Å²) in [6, 6.07) is 2.53. The zero-order valence-electron chi connectivity index (χ0n) is 9.43. The molecule has 3 N–H and O–H groups in total. The first-order chi connectivity index (χ1) is 8.53. The summed E-state index contributed by atoms with van der Waals surface area (Å²) in [6.07, 6.45) is 1.46. The number of hydrogen-bond donors (Lipinski definition) is 3. The van der Waals surface area contributed by atoms with E-state index in [1.54, 1.807) is 0 Å². The predicted molar refractivity (Wildman–Crippen MR) is 60.3 cm³/mol. The first-order valence-corrected chi connectivity index (χ1v) is 5.36. The number of ether oxygens (including phenoxy) is 1. The van der Waals surface area contributed by atoms with Gasteiger partial charge in [-0.2, -0.15) is 0 Å². The van der Waals surface area contributed by atoms with Gasteiger partial charge in [-0.25, -0.2) is 4.79 Å². The fourth-order valence-corrected chi connectivity index (χ4v) is 1.73. The van der Waals surface area contributed by atoms with E-state index in [-0.39, 0.29) is 30.8 Å². The van der Waals surface area contributed by atoms with Crippen molar-refractivity contribution in [3.05, 3.63) is 34.2 Å². The molecule has 7 nitrogen and oxygen atoms in total. The van der Waals surface area contributed by atoms with Crippen molar-refractivity contribution in [1.29, 1.82) is 0 Å². The number of carbonyl (C=O) groups is 2. The summed E-state index contributed by atoms with van der Waals surface area (Å²) in [5, 5.41) is 11.6. The van der Waals surface area contributed by atoms with E-state index in [0.717, 1.165) is 0 Å². The van der Waals surface area contributed by atoms with Gasteiger partial charge in [0.1, 0.15) is 0 Å². The molecule has 1 aliphatic heterocycles. The van der Waals surface area contributed by atoms with Gasteiger partial charge in [-0.3, -0.25) is 9.59 Å². The number of pyridine rings is 1. The van der Waals surface area contributed by atoms with Crippen molar-refractivity contribution in [2.75, 3.05) is 13.2 Å². The quantitative estimate of drug-likeness (QED) is 0.662. The van der Waals surface area contributed by atoms with Crippen LogP contribution in [0.15, 0.2) is 23.1 Å². The molecule has 0 bridgehead atoms. The zero-order valence-corrected chi connectivity index (χ0v) is 9.43. The highest BCUT2D eigenvalue weighted by Crippen LogP contribution is 2.19. The normalized spacial score (nSPS) is 22.7. The van der Waals surface area contributed by atoms with E-state index in [4.69, 9.17) is 9.84 Å². The van der Waals surface area contributed by atoms with Gasteiger partial charge in [0.25, 0.3) is 5.91 Å². The maximum atomic E-state index is 11.9. The van der Waals surface area contributed by atoms with E-state index in [2.05, 4.69) is 10.3 Å². The van der Waals surface area contributed by atoms with Crippen molar-refractivity contribution in [3.8, 4) is 0 Å². The van der Waals surface area contributed by atoms with E-state index in [0.29, 0.717) is 0 Å². The molecule has 7 heteroatoms. The van der Waals surface area contributed by atoms with Gasteiger partial charge in [0.15, 0.2) is 5.54 Å². The van der Waals surface area contributed by atoms with E-state index in [9.17, 15) is 14.4 Å². The number of nitrogens with one attached hydrogen (secondary N) is 2. The maximum absolute atomic E-state index is 11.9. The number of carbonyl (C=O) groups excluding carboxylic acids is 1. The second kappa shape index (κ2) is 4.61. The van der Waals surface area contributed by atoms with Crippen molar-refractivity contribution >= 4 is 11.9 Å². The van der Waals surface area contributed by atoms with Crippen LogP contribution >= 0.6 is 0 Å². The molecule has 0 spiro atoms. The Morgan fingerprint density at radius 3 is 2.72 bits per heavy atom. The average molecular weight is 252 g/mol. The number of hydrogen-bond acceptors (Lipinski definition) is 4. The first kappa shape index (κ1) is 12.3. The van der Waals surface area contributed by atoms with Crippen LogP contribution in [0.5, 0.6) is 0 Å². The van der Waals surface area contributed by atoms with Crippen LogP contribution in [-0.2, 0) is 9.53 Å². The number of aromatic nitrogens is 1. The summed E-state index contributed by atoms with van der Waals surface area (Å²) in [5.74, 6) is -1.68. The number of carboxylic acids is 1. The van der Waals surface area contributed by atoms with Gasteiger partial charge < -0.3 is 20.1 Å². The fraction of sp³-hybridized carbons (Fsp3) is 0.364. The minimum Gasteiger partial charge on any atom is -0.479 e. The molecule has 1 aromatic rings. The van der Waals surface area contributed by atoms with Crippen molar-refractivity contribution in [2.24, 2.45) is 0 Å². The molecule has 18 heavy (non-hydrogen) atoms. The smallest absolute Gasteiger partial charge is 0.331 e. The third-order valence-electron chi connectivity index (χ3n) is 2.83. The number of H-pyrrole nitrogens is 1. The minimum absolute atomic E-state index is 0.0581. The van der Waals surface area contributed by atoms with E-state index in [1.807, 2.05) is 0 Å². The van der Waals surface area contributed by atoms with Gasteiger partial charge in [-0.1, -0.05) is 0 Å². The standard InChI is InChI=1S/C11H12N2O5/c14-8-2-1-7(5-12-8)9(15)13-11(10(16)17)3-4-18-6-11/h1-2,5H,3-4,6H2,(H,12,14)(H,13,15)(H,16,17). The Kier molecular flexibility index (Phi) is 3.15. The minimum atomic E-state index is -1.38. The predicted octanol–water partition coefficient (Wildman–Crippen LogP) is -0.652. The van der Waals surface area contributed by atoms with Gasteiger partial charge in [0, 0.05) is 25.3 Å². The van der Waals surface area contributed by atoms with Crippen molar-refractivity contribution in [1.82, 2.24) is 10.3 Å². The second-order valence-electron chi connectivity index (χ2n) is 4.09. The zero-order chi connectivity index (χ0) is 13.2. The van der Waals surface area contributed by atoms with Crippen LogP contribution in [0, 0.1) is 0 Å². The number of carboxylic acid groups (broad SMARTS) is 1. The van der Waals surface area contributed by atoms with E-state index >= 15 is 0 Å². The molecule has 1 amide bonds. The molecule has 96 valence electrons. The van der Waals surface area contributed by atoms with Crippen LogP contribution in [0.1, 0.15) is 16.8 Å². The van der Waals surface area contributed by atoms with Crippen LogP contribution in [0.3, 0.4) is 0 Å². The van der Waals surface area contributed by atoms with Crippen LogP contribution in [-0.4, -0.2) is 40.7 Å². The van der Waals surface area contributed by atoms with E-state index in [1.165, 1.54) is 18.3 Å². The molecule has 0 aromatic carbocycles. The van der Waals surface area contributed by atoms with Crippen molar-refractivity contribution in [2.45, 2.75) is 12.0 Å². The summed E-state index contributed by atoms with van der Waals surface area (Å²) < 4.78 is 5.02. The SMILES string of the molecule is O=C(NC1(C(=O)O)CCOC1)c1ccc(=O)[nH]c1. The second-order valence-corrected chi connectivity index (χ2v) is 4.09. The Morgan fingerprint density at radius 1 is 1.44 bits per heavy atom. The third kappa shape index (κ3) is 2.25. The Balaban J connectivity index is 2.17. The lowest BCUT2D eigenvalue weighted by molar-refractivity contribution is -0.144. The van der Waals surface area contributed by atoms with Crippen molar-refractivity contribution in [3.63, 3.8) is 0 Å². The average Bonchev–Trinajstić information content (AvgIpc) is 2.79.